The van der Waals surface area contributed by atoms with Gasteiger partial charge < -0.3 is 14.7 Å². The third kappa shape index (κ3) is 4.75. The lowest BCUT2D eigenvalue weighted by Crippen LogP contribution is -2.47. The van der Waals surface area contributed by atoms with Crippen LogP contribution in [-0.2, 0) is 14.8 Å². The van der Waals surface area contributed by atoms with Crippen LogP contribution in [0.25, 0.3) is 12.2 Å². The predicted octanol–water partition coefficient (Wildman–Crippen LogP) is 2.36. The van der Waals surface area contributed by atoms with Crippen LogP contribution in [0.4, 0.5) is 5.69 Å². The summed E-state index contributed by atoms with van der Waals surface area (Å²) in [5, 5.41) is 6.57. The fourth-order valence-corrected chi connectivity index (χ4v) is 4.85. The summed E-state index contributed by atoms with van der Waals surface area (Å²) in [4.78, 5) is 13.8. The minimum absolute atomic E-state index is 0.221. The first-order chi connectivity index (χ1) is 13.7. The zero-order valence-corrected chi connectivity index (χ0v) is 17.9. The van der Waals surface area contributed by atoms with Gasteiger partial charge >= 0.3 is 0 Å². The number of hydrogen-bond donors (Lipinski definition) is 1. The molecule has 2 aromatic rings. The third-order valence-corrected chi connectivity index (χ3v) is 6.95. The van der Waals surface area contributed by atoms with Crippen LogP contribution >= 0.6 is 0 Å². The molecule has 1 fully saturated rings. The second-order valence-corrected chi connectivity index (χ2v) is 9.16. The van der Waals surface area contributed by atoms with Gasteiger partial charge in [0.2, 0.25) is 15.9 Å². The Bertz CT molecular complexity index is 1030. The molecule has 9 heteroatoms. The van der Waals surface area contributed by atoms with Crippen molar-refractivity contribution in [2.45, 2.75) is 25.7 Å². The molecule has 1 amide bonds. The van der Waals surface area contributed by atoms with Crippen LogP contribution < -0.4 is 5.32 Å². The molecule has 0 bridgehead atoms. The van der Waals surface area contributed by atoms with Crippen molar-refractivity contribution in [3.8, 4) is 0 Å². The molecule has 0 unspecified atom stereocenters. The molecule has 29 heavy (non-hydrogen) atoms. The highest BCUT2D eigenvalue weighted by Gasteiger charge is 2.28. The Morgan fingerprint density at radius 1 is 1.17 bits per heavy atom. The molecule has 0 saturated carbocycles. The number of piperazine rings is 1. The third-order valence-electron chi connectivity index (χ3n) is 4.91. The maximum Gasteiger partial charge on any atom is 0.243 e. The largest absolute Gasteiger partial charge is 0.354 e. The van der Waals surface area contributed by atoms with Gasteiger partial charge in [0.1, 0.15) is 11.4 Å². The monoisotopic (exact) mass is 418 g/mol. The highest BCUT2D eigenvalue weighted by molar-refractivity contribution is 7.89. The number of nitrogens with zero attached hydrogens (tertiary/aromatic N) is 3. The van der Waals surface area contributed by atoms with Gasteiger partial charge in [-0.2, -0.15) is 4.31 Å². The van der Waals surface area contributed by atoms with Gasteiger partial charge in [-0.25, -0.2) is 8.42 Å². The number of likely N-dealkylation sites (N-methyl/N-ethyl adjacent to an activating group) is 1. The van der Waals surface area contributed by atoms with E-state index >= 15 is 0 Å². The number of nitrogens with one attached hydrogen (secondary N) is 1. The Labute approximate surface area is 171 Å². The number of sulfonamides is 1. The first-order valence-corrected chi connectivity index (χ1v) is 10.8. The van der Waals surface area contributed by atoms with Crippen LogP contribution in [0.5, 0.6) is 0 Å². The van der Waals surface area contributed by atoms with Gasteiger partial charge in [-0.15, -0.1) is 0 Å². The average Bonchev–Trinajstić information content (AvgIpc) is 3.00. The minimum atomic E-state index is -3.56. The van der Waals surface area contributed by atoms with Crippen molar-refractivity contribution in [2.24, 2.45) is 0 Å². The van der Waals surface area contributed by atoms with Crippen molar-refractivity contribution in [3.05, 3.63) is 40.8 Å². The number of carbonyl (C=O) groups excluding carboxylic acids is 1. The van der Waals surface area contributed by atoms with Crippen molar-refractivity contribution in [1.29, 1.82) is 0 Å². The van der Waals surface area contributed by atoms with E-state index in [0.29, 0.717) is 59.3 Å². The molecule has 0 aliphatic carbocycles. The highest BCUT2D eigenvalue weighted by Crippen LogP contribution is 2.25. The molecule has 0 radical (unpaired) electrons. The Kier molecular flexibility index (Phi) is 6.21. The second kappa shape index (κ2) is 8.48. The SMILES string of the molecule is CC(=O)Nc1c(C)noc1/C=C\c1ccc(C)c(S(=O)(=O)N2CCN(C)CC2)c1. The Morgan fingerprint density at radius 2 is 1.86 bits per heavy atom. The molecule has 1 saturated heterocycles. The van der Waals surface area contributed by atoms with E-state index in [0.717, 1.165) is 0 Å². The summed E-state index contributed by atoms with van der Waals surface area (Å²) in [5.41, 5.74) is 2.50. The van der Waals surface area contributed by atoms with Crippen molar-refractivity contribution >= 4 is 33.8 Å². The standard InChI is InChI=1S/C20H26N4O4S/c1-14-5-6-17(7-8-18-20(21-16(3)25)15(2)22-28-18)13-19(14)29(26,27)24-11-9-23(4)10-12-24/h5-8,13H,9-12H2,1-4H3,(H,21,25)/b8-7-. The molecule has 8 nitrogen and oxygen atoms in total. The van der Waals surface area contributed by atoms with Crippen molar-refractivity contribution < 1.29 is 17.7 Å². The summed E-state index contributed by atoms with van der Waals surface area (Å²) in [7, 11) is -1.57. The number of aromatic nitrogens is 1. The number of hydrogen-bond acceptors (Lipinski definition) is 6. The fourth-order valence-electron chi connectivity index (χ4n) is 3.17. The molecule has 0 atom stereocenters. The van der Waals surface area contributed by atoms with E-state index in [1.807, 2.05) is 13.1 Å². The second-order valence-electron chi connectivity index (χ2n) is 7.25. The molecular formula is C20H26N4O4S. The summed E-state index contributed by atoms with van der Waals surface area (Å²) in [6, 6.07) is 5.31. The molecule has 3 rings (SSSR count). The molecule has 2 heterocycles. The fraction of sp³-hybridized carbons (Fsp3) is 0.400. The lowest BCUT2D eigenvalue weighted by Gasteiger charge is -2.32. The minimum Gasteiger partial charge on any atom is -0.354 e. The van der Waals surface area contributed by atoms with Crippen molar-refractivity contribution in [1.82, 2.24) is 14.4 Å². The first-order valence-electron chi connectivity index (χ1n) is 9.40. The number of benzene rings is 1. The number of aryl methyl sites for hydroxylation is 2. The number of rotatable bonds is 5. The molecule has 1 aliphatic rings. The van der Waals surface area contributed by atoms with Crippen LogP contribution in [0.15, 0.2) is 27.6 Å². The molecular weight excluding hydrogens is 392 g/mol. The maximum absolute atomic E-state index is 13.1. The van der Waals surface area contributed by atoms with Gasteiger partial charge in [-0.3, -0.25) is 4.79 Å². The quantitative estimate of drug-likeness (QED) is 0.801. The van der Waals surface area contributed by atoms with E-state index in [1.165, 1.54) is 11.2 Å². The van der Waals surface area contributed by atoms with Crippen LogP contribution in [0, 0.1) is 13.8 Å². The van der Waals surface area contributed by atoms with E-state index < -0.39 is 10.0 Å². The predicted molar refractivity (Wildman–Crippen MR) is 112 cm³/mol. The summed E-state index contributed by atoms with van der Waals surface area (Å²) in [6.45, 7) is 7.34. The maximum atomic E-state index is 13.1. The van der Waals surface area contributed by atoms with E-state index in [2.05, 4.69) is 15.4 Å². The average molecular weight is 419 g/mol. The van der Waals surface area contributed by atoms with Crippen LogP contribution in [0.1, 0.15) is 29.5 Å². The van der Waals surface area contributed by atoms with Crippen LogP contribution in [0.3, 0.4) is 0 Å². The molecule has 0 spiro atoms. The number of anilines is 1. The topological polar surface area (TPSA) is 95.8 Å². The smallest absolute Gasteiger partial charge is 0.243 e. The molecule has 1 aliphatic heterocycles. The first kappa shape index (κ1) is 21.2. The number of carbonyl (C=O) groups is 1. The zero-order chi connectivity index (χ0) is 21.2. The zero-order valence-electron chi connectivity index (χ0n) is 17.1. The van der Waals surface area contributed by atoms with Gasteiger partial charge in [0.05, 0.1) is 4.90 Å². The van der Waals surface area contributed by atoms with Crippen LogP contribution in [0.2, 0.25) is 0 Å². The Hall–Kier alpha value is -2.49. The van der Waals surface area contributed by atoms with Gasteiger partial charge in [0, 0.05) is 33.1 Å². The summed E-state index contributed by atoms with van der Waals surface area (Å²) < 4.78 is 33.1. The lowest BCUT2D eigenvalue weighted by molar-refractivity contribution is -0.114. The summed E-state index contributed by atoms with van der Waals surface area (Å²) in [5.74, 6) is 0.184. The summed E-state index contributed by atoms with van der Waals surface area (Å²) in [6.07, 6.45) is 3.41. The Morgan fingerprint density at radius 3 is 2.52 bits per heavy atom. The number of amides is 1. The molecule has 1 aromatic heterocycles. The highest BCUT2D eigenvalue weighted by atomic mass is 32.2. The van der Waals surface area contributed by atoms with Crippen LogP contribution in [-0.4, -0.2) is 61.9 Å². The normalized spacial score (nSPS) is 16.4. The van der Waals surface area contributed by atoms with E-state index in [9.17, 15) is 13.2 Å². The van der Waals surface area contributed by atoms with Gasteiger partial charge in [0.25, 0.3) is 0 Å². The Balaban J connectivity index is 1.88. The van der Waals surface area contributed by atoms with Gasteiger partial charge in [-0.05, 0) is 44.2 Å². The van der Waals surface area contributed by atoms with E-state index in [4.69, 9.17) is 4.52 Å². The molecule has 156 valence electrons. The summed E-state index contributed by atoms with van der Waals surface area (Å²) >= 11 is 0. The van der Waals surface area contributed by atoms with E-state index in [-0.39, 0.29) is 5.91 Å². The molecule has 1 N–H and O–H groups in total. The van der Waals surface area contributed by atoms with Gasteiger partial charge in [-0.1, -0.05) is 23.4 Å². The molecule has 1 aromatic carbocycles. The van der Waals surface area contributed by atoms with Crippen molar-refractivity contribution in [3.63, 3.8) is 0 Å². The van der Waals surface area contributed by atoms with E-state index in [1.54, 1.807) is 38.1 Å². The lowest BCUT2D eigenvalue weighted by atomic mass is 10.1. The van der Waals surface area contributed by atoms with Gasteiger partial charge in [0.15, 0.2) is 5.76 Å². The van der Waals surface area contributed by atoms with Crippen molar-refractivity contribution in [2.75, 3.05) is 38.5 Å².